The molecule has 3 fully saturated rings. The first-order chi connectivity index (χ1) is 29.0. The van der Waals surface area contributed by atoms with E-state index in [0.717, 1.165) is 59.7 Å². The Morgan fingerprint density at radius 1 is 0.700 bits per heavy atom. The molecule has 2 aromatic heterocycles. The minimum atomic E-state index is -0.675. The third-order valence-electron chi connectivity index (χ3n) is 13.9. The number of rotatable bonds is 10. The number of fused-ring (bicyclic) bond motifs is 3. The van der Waals surface area contributed by atoms with E-state index in [2.05, 4.69) is 63.8 Å². The molecule has 10 rings (SSSR count). The highest BCUT2D eigenvalue weighted by Gasteiger charge is 2.40. The number of carbonyl (C=O) groups is 3. The van der Waals surface area contributed by atoms with Crippen LogP contribution in [0.15, 0.2) is 60.9 Å². The monoisotopic (exact) mass is 810 g/mol. The Kier molecular flexibility index (Phi) is 10.8. The summed E-state index contributed by atoms with van der Waals surface area (Å²) in [6.07, 6.45) is 11.5. The van der Waals surface area contributed by atoms with E-state index in [-0.39, 0.29) is 35.7 Å². The molecule has 2 bridgehead atoms. The molecule has 4 unspecified atom stereocenters. The van der Waals surface area contributed by atoms with Crippen molar-refractivity contribution in [3.63, 3.8) is 0 Å². The van der Waals surface area contributed by atoms with Crippen LogP contribution in [0.5, 0.6) is 0 Å². The van der Waals surface area contributed by atoms with Crippen molar-refractivity contribution in [1.29, 1.82) is 0 Å². The Hall–Kier alpha value is -5.49. The van der Waals surface area contributed by atoms with Gasteiger partial charge in [-0.1, -0.05) is 64.1 Å². The first-order valence-electron chi connectivity index (χ1n) is 22.0. The molecule has 12 heteroatoms. The van der Waals surface area contributed by atoms with Gasteiger partial charge in [-0.2, -0.15) is 0 Å². The second kappa shape index (κ2) is 16.2. The summed E-state index contributed by atoms with van der Waals surface area (Å²) >= 11 is 0. The molecule has 0 spiro atoms. The van der Waals surface area contributed by atoms with Crippen molar-refractivity contribution in [2.75, 3.05) is 20.2 Å². The van der Waals surface area contributed by atoms with E-state index in [4.69, 9.17) is 20.4 Å². The fourth-order valence-electron chi connectivity index (χ4n) is 10.5. The second-order valence-corrected chi connectivity index (χ2v) is 18.2. The van der Waals surface area contributed by atoms with E-state index >= 15 is 0 Å². The molecule has 12 nitrogen and oxygen atoms in total. The SMILES string of the molecule is COC(=O)NC(C(=O)N1CCCC1c1ncc(-c2ccc(-c3ccc4cc(-c5cnc(C6CCCN6C(=O)C(N)C(C)C)[nH]5)ccc4c3)c3c2C2CCC3CC2)[nH]1)C(C)C. The predicted octanol–water partition coefficient (Wildman–Crippen LogP) is 8.73. The smallest absolute Gasteiger partial charge is 0.407 e. The lowest BCUT2D eigenvalue weighted by Crippen LogP contribution is -2.51. The fourth-order valence-corrected chi connectivity index (χ4v) is 10.5. The number of amides is 3. The predicted molar refractivity (Wildman–Crippen MR) is 233 cm³/mol. The van der Waals surface area contributed by atoms with Gasteiger partial charge in [-0.25, -0.2) is 14.8 Å². The minimum absolute atomic E-state index is 0.00000607. The second-order valence-electron chi connectivity index (χ2n) is 18.2. The molecule has 1 saturated carbocycles. The molecule has 4 heterocycles. The number of aromatic nitrogens is 4. The average Bonchev–Trinajstić information content (AvgIpc) is 4.11. The zero-order chi connectivity index (χ0) is 41.8. The summed E-state index contributed by atoms with van der Waals surface area (Å²) < 4.78 is 4.83. The molecule has 5 aliphatic rings. The summed E-state index contributed by atoms with van der Waals surface area (Å²) in [7, 11) is 1.31. The van der Waals surface area contributed by atoms with Gasteiger partial charge in [0.05, 0.1) is 49.0 Å². The molecule has 5 aromatic rings. The molecule has 60 heavy (non-hydrogen) atoms. The molecule has 4 atom stereocenters. The van der Waals surface area contributed by atoms with Gasteiger partial charge in [0.15, 0.2) is 0 Å². The number of ether oxygens (including phenoxy) is 1. The molecule has 314 valence electrons. The third kappa shape index (κ3) is 7.16. The number of methoxy groups -OCH3 is 1. The van der Waals surface area contributed by atoms with E-state index in [1.165, 1.54) is 66.0 Å². The van der Waals surface area contributed by atoms with Gasteiger partial charge in [-0.15, -0.1) is 0 Å². The Balaban J connectivity index is 0.981. The molecule has 2 aliphatic heterocycles. The van der Waals surface area contributed by atoms with Crippen molar-refractivity contribution in [2.45, 2.75) is 115 Å². The number of hydrogen-bond acceptors (Lipinski definition) is 7. The van der Waals surface area contributed by atoms with Gasteiger partial charge in [-0.3, -0.25) is 9.59 Å². The van der Waals surface area contributed by atoms with Gasteiger partial charge >= 0.3 is 6.09 Å². The van der Waals surface area contributed by atoms with Crippen molar-refractivity contribution in [2.24, 2.45) is 17.6 Å². The fraction of sp³-hybridized carbons (Fsp3) is 0.479. The summed E-state index contributed by atoms with van der Waals surface area (Å²) in [6, 6.07) is 16.5. The summed E-state index contributed by atoms with van der Waals surface area (Å²) in [5, 5.41) is 5.09. The van der Waals surface area contributed by atoms with Crippen LogP contribution in [0.2, 0.25) is 0 Å². The van der Waals surface area contributed by atoms with Gasteiger partial charge in [0.25, 0.3) is 0 Å². The molecule has 3 amide bonds. The molecule has 0 radical (unpaired) electrons. The number of aromatic amines is 2. The Morgan fingerprint density at radius 2 is 1.23 bits per heavy atom. The van der Waals surface area contributed by atoms with Gasteiger partial charge in [0, 0.05) is 24.2 Å². The third-order valence-corrected chi connectivity index (χ3v) is 13.9. The van der Waals surface area contributed by atoms with Gasteiger partial charge in [-0.05, 0) is 120 Å². The highest BCUT2D eigenvalue weighted by molar-refractivity contribution is 5.92. The first-order valence-corrected chi connectivity index (χ1v) is 22.0. The number of imidazole rings is 2. The molecular formula is C48H58N8O4. The standard InChI is InChI=1S/C48H58N8O4/c1-26(2)42(49)46(57)55-20-6-8-38(55)44-50-24-36(52-44)33-17-15-30-22-32(16-14-31(30)23-33)34-18-19-35(41-29-12-10-28(11-13-29)40(34)41)37-25-51-45(53-37)39-9-7-21-56(39)47(58)43(27(3)4)54-48(59)60-5/h14-19,22-29,38-39,42-43H,6-13,20-21,49H2,1-5H3,(H,50,52)(H,51,53)(H,54,59). The van der Waals surface area contributed by atoms with Crippen LogP contribution in [0, 0.1) is 11.8 Å². The number of nitrogens with two attached hydrogens (primary N) is 1. The minimum Gasteiger partial charge on any atom is -0.453 e. The number of likely N-dealkylation sites (tertiary alicyclic amines) is 2. The zero-order valence-electron chi connectivity index (χ0n) is 35.5. The number of carbonyl (C=O) groups excluding carboxylic acids is 3. The normalized spacial score (nSPS) is 22.1. The number of nitrogens with zero attached hydrogens (tertiary/aromatic N) is 4. The van der Waals surface area contributed by atoms with Crippen LogP contribution in [-0.4, -0.2) is 79.9 Å². The van der Waals surface area contributed by atoms with E-state index in [1.54, 1.807) is 0 Å². The summed E-state index contributed by atoms with van der Waals surface area (Å²) in [5.74, 6) is 2.50. The topological polar surface area (TPSA) is 162 Å². The number of hydrogen-bond donors (Lipinski definition) is 4. The average molecular weight is 811 g/mol. The number of alkyl carbamates (subject to hydrolysis) is 1. The molecule has 5 N–H and O–H groups in total. The maximum atomic E-state index is 13.8. The Bertz CT molecular complexity index is 2430. The number of H-pyrrole nitrogens is 2. The lowest BCUT2D eigenvalue weighted by atomic mass is 9.64. The molecule has 3 aliphatic carbocycles. The molecular weight excluding hydrogens is 753 g/mol. The van der Waals surface area contributed by atoms with Crippen LogP contribution in [0.4, 0.5) is 4.79 Å². The van der Waals surface area contributed by atoms with Gasteiger partial charge < -0.3 is 35.6 Å². The van der Waals surface area contributed by atoms with Gasteiger partial charge in [0.1, 0.15) is 17.7 Å². The van der Waals surface area contributed by atoms with Crippen molar-refractivity contribution in [3.8, 4) is 33.6 Å². The number of benzene rings is 3. The van der Waals surface area contributed by atoms with Crippen LogP contribution in [0.3, 0.4) is 0 Å². The van der Waals surface area contributed by atoms with E-state index in [9.17, 15) is 14.4 Å². The van der Waals surface area contributed by atoms with Crippen LogP contribution in [0.1, 0.15) is 126 Å². The van der Waals surface area contributed by atoms with Crippen LogP contribution in [0.25, 0.3) is 44.4 Å². The van der Waals surface area contributed by atoms with Crippen molar-refractivity contribution >= 4 is 28.7 Å². The van der Waals surface area contributed by atoms with Crippen molar-refractivity contribution in [3.05, 3.63) is 83.7 Å². The highest BCUT2D eigenvalue weighted by Crippen LogP contribution is 2.55. The maximum absolute atomic E-state index is 13.8. The first kappa shape index (κ1) is 39.9. The van der Waals surface area contributed by atoms with Crippen molar-refractivity contribution < 1.29 is 19.1 Å². The Morgan fingerprint density at radius 3 is 1.83 bits per heavy atom. The van der Waals surface area contributed by atoms with E-state index in [0.29, 0.717) is 24.9 Å². The number of nitrogens with one attached hydrogen (secondary N) is 3. The van der Waals surface area contributed by atoms with Crippen molar-refractivity contribution in [1.82, 2.24) is 35.1 Å². The lowest BCUT2D eigenvalue weighted by Gasteiger charge is -2.41. The van der Waals surface area contributed by atoms with E-state index in [1.807, 2.05) is 49.9 Å². The summed E-state index contributed by atoms with van der Waals surface area (Å²) in [6.45, 7) is 9.17. The zero-order valence-corrected chi connectivity index (χ0v) is 35.5. The van der Waals surface area contributed by atoms with Crippen LogP contribution in [-0.2, 0) is 14.3 Å². The lowest BCUT2D eigenvalue weighted by molar-refractivity contribution is -0.136. The van der Waals surface area contributed by atoms with E-state index < -0.39 is 18.2 Å². The van der Waals surface area contributed by atoms with Crippen LogP contribution >= 0.6 is 0 Å². The quantitative estimate of drug-likeness (QED) is 0.110. The maximum Gasteiger partial charge on any atom is 0.407 e. The highest BCUT2D eigenvalue weighted by atomic mass is 16.5. The van der Waals surface area contributed by atoms with Gasteiger partial charge in [0.2, 0.25) is 11.8 Å². The largest absolute Gasteiger partial charge is 0.453 e. The Labute approximate surface area is 352 Å². The van der Waals surface area contributed by atoms with Crippen LogP contribution < -0.4 is 11.1 Å². The molecule has 3 aromatic carbocycles. The molecule has 2 saturated heterocycles. The summed E-state index contributed by atoms with van der Waals surface area (Å²) in [4.78, 5) is 59.8. The summed E-state index contributed by atoms with van der Waals surface area (Å²) in [5.41, 5.74) is 15.9.